The van der Waals surface area contributed by atoms with Gasteiger partial charge in [-0.25, -0.2) is 0 Å². The van der Waals surface area contributed by atoms with Gasteiger partial charge in [0.2, 0.25) is 0 Å². The molecule has 0 aliphatic carbocycles. The first kappa shape index (κ1) is 33.6. The van der Waals surface area contributed by atoms with Gasteiger partial charge in [0.1, 0.15) is 11.2 Å². The average molecular weight is 740 g/mol. The monoisotopic (exact) mass is 739 g/mol. The molecule has 0 unspecified atom stereocenters. The van der Waals surface area contributed by atoms with Crippen molar-refractivity contribution in [1.82, 2.24) is 0 Å². The minimum atomic E-state index is 0.886. The van der Waals surface area contributed by atoms with Crippen molar-refractivity contribution < 1.29 is 4.42 Å². The third kappa shape index (κ3) is 5.74. The third-order valence-electron chi connectivity index (χ3n) is 11.4. The molecule has 0 spiro atoms. The van der Waals surface area contributed by atoms with Crippen molar-refractivity contribution in [3.63, 3.8) is 0 Å². The van der Waals surface area contributed by atoms with Crippen LogP contribution in [0.4, 0.5) is 17.1 Å². The lowest BCUT2D eigenvalue weighted by atomic mass is 9.88. The number of furan rings is 1. The second-order valence-electron chi connectivity index (χ2n) is 14.8. The molecule has 0 aliphatic rings. The van der Waals surface area contributed by atoms with Crippen LogP contribution in [-0.2, 0) is 0 Å². The maximum atomic E-state index is 6.37. The summed E-state index contributed by atoms with van der Waals surface area (Å²) in [6.07, 6.45) is 0. The van der Waals surface area contributed by atoms with Crippen LogP contribution in [0, 0.1) is 0 Å². The highest BCUT2D eigenvalue weighted by atomic mass is 16.3. The van der Waals surface area contributed by atoms with E-state index in [4.69, 9.17) is 4.42 Å². The number of nitrogens with zero attached hydrogens (tertiary/aromatic N) is 1. The van der Waals surface area contributed by atoms with E-state index in [2.05, 4.69) is 223 Å². The number of benzene rings is 10. The van der Waals surface area contributed by atoms with Crippen LogP contribution in [0.2, 0.25) is 0 Å². The van der Waals surface area contributed by atoms with E-state index in [0.717, 1.165) is 66.8 Å². The number of para-hydroxylation sites is 2. The smallest absolute Gasteiger partial charge is 0.136 e. The Morgan fingerprint density at radius 1 is 0.310 bits per heavy atom. The first-order chi connectivity index (χ1) is 28.8. The molecule has 0 bridgehead atoms. The Labute approximate surface area is 337 Å². The van der Waals surface area contributed by atoms with E-state index in [9.17, 15) is 0 Å². The van der Waals surface area contributed by atoms with Crippen molar-refractivity contribution in [2.75, 3.05) is 4.90 Å². The zero-order chi connectivity index (χ0) is 38.4. The second kappa shape index (κ2) is 14.1. The van der Waals surface area contributed by atoms with E-state index < -0.39 is 0 Å². The standard InChI is InChI=1S/C56H37NO/c1-2-17-40(18-3-1)46-25-8-10-30-51(46)57(44-23-12-22-42(37-44)47-27-15-33-54-56(47)50-26-9-11-32-53(50)58-54)52-31-14-29-49(48-28-13-21-39-19-6-7-24-45(39)48)55(52)43-35-34-38-16-4-5-20-41(38)36-43/h1-37H. The minimum Gasteiger partial charge on any atom is -0.456 e. The van der Waals surface area contributed by atoms with E-state index in [0.29, 0.717) is 0 Å². The molecule has 1 aromatic heterocycles. The summed E-state index contributed by atoms with van der Waals surface area (Å²) in [7, 11) is 0. The van der Waals surface area contributed by atoms with Gasteiger partial charge in [0.15, 0.2) is 0 Å². The first-order valence-corrected chi connectivity index (χ1v) is 19.8. The molecule has 0 radical (unpaired) electrons. The van der Waals surface area contributed by atoms with Gasteiger partial charge in [0, 0.05) is 27.6 Å². The Kier molecular flexibility index (Phi) is 8.19. The van der Waals surface area contributed by atoms with Crippen LogP contribution in [0.5, 0.6) is 0 Å². The van der Waals surface area contributed by atoms with Gasteiger partial charge >= 0.3 is 0 Å². The van der Waals surface area contributed by atoms with Crippen LogP contribution >= 0.6 is 0 Å². The van der Waals surface area contributed by atoms with Crippen molar-refractivity contribution in [3.05, 3.63) is 224 Å². The van der Waals surface area contributed by atoms with Gasteiger partial charge in [-0.3, -0.25) is 0 Å². The molecule has 0 aliphatic heterocycles. The molecule has 0 fully saturated rings. The lowest BCUT2D eigenvalue weighted by Crippen LogP contribution is -2.13. The van der Waals surface area contributed by atoms with Gasteiger partial charge < -0.3 is 9.32 Å². The van der Waals surface area contributed by atoms with Crippen molar-refractivity contribution in [2.45, 2.75) is 0 Å². The average Bonchev–Trinajstić information content (AvgIpc) is 3.68. The zero-order valence-electron chi connectivity index (χ0n) is 31.7. The Hall–Kier alpha value is -7.68. The SMILES string of the molecule is c1ccc(-c2ccccc2N(c2cccc(-c3cccc4oc5ccccc5c34)c2)c2cccc(-c3cccc4ccccc34)c2-c2ccc3ccccc3c2)cc1. The molecular weight excluding hydrogens is 703 g/mol. The van der Waals surface area contributed by atoms with Crippen LogP contribution in [0.15, 0.2) is 229 Å². The normalized spacial score (nSPS) is 11.4. The van der Waals surface area contributed by atoms with Gasteiger partial charge in [0.25, 0.3) is 0 Å². The lowest BCUT2D eigenvalue weighted by Gasteiger charge is -2.31. The fourth-order valence-corrected chi connectivity index (χ4v) is 8.83. The van der Waals surface area contributed by atoms with Gasteiger partial charge in [-0.2, -0.15) is 0 Å². The summed E-state index contributed by atoms with van der Waals surface area (Å²) in [5.74, 6) is 0. The summed E-state index contributed by atoms with van der Waals surface area (Å²) in [5, 5.41) is 7.11. The molecule has 58 heavy (non-hydrogen) atoms. The topological polar surface area (TPSA) is 16.4 Å². The maximum Gasteiger partial charge on any atom is 0.136 e. The van der Waals surface area contributed by atoms with Crippen LogP contribution < -0.4 is 4.90 Å². The quantitative estimate of drug-likeness (QED) is 0.162. The molecule has 0 N–H and O–H groups in total. The molecule has 10 aromatic carbocycles. The number of hydrogen-bond donors (Lipinski definition) is 0. The molecule has 1 heterocycles. The molecule has 2 nitrogen and oxygen atoms in total. The summed E-state index contributed by atoms with van der Waals surface area (Å²) in [5.41, 5.74) is 14.3. The van der Waals surface area contributed by atoms with Crippen molar-refractivity contribution in [3.8, 4) is 44.5 Å². The predicted molar refractivity (Wildman–Crippen MR) is 245 cm³/mol. The van der Waals surface area contributed by atoms with Gasteiger partial charge in [-0.15, -0.1) is 0 Å². The number of anilines is 3. The summed E-state index contributed by atoms with van der Waals surface area (Å²) >= 11 is 0. The minimum absolute atomic E-state index is 0.886. The lowest BCUT2D eigenvalue weighted by molar-refractivity contribution is 0.669. The van der Waals surface area contributed by atoms with Gasteiger partial charge in [0.05, 0.1) is 11.4 Å². The van der Waals surface area contributed by atoms with E-state index in [1.54, 1.807) is 0 Å². The van der Waals surface area contributed by atoms with Crippen molar-refractivity contribution in [1.29, 1.82) is 0 Å². The molecule has 11 rings (SSSR count). The van der Waals surface area contributed by atoms with Gasteiger partial charge in [-0.05, 0) is 97.4 Å². The van der Waals surface area contributed by atoms with E-state index >= 15 is 0 Å². The van der Waals surface area contributed by atoms with E-state index in [1.165, 1.54) is 38.2 Å². The van der Waals surface area contributed by atoms with Gasteiger partial charge in [-0.1, -0.05) is 182 Å². The van der Waals surface area contributed by atoms with Crippen molar-refractivity contribution in [2.24, 2.45) is 0 Å². The molecular formula is C56H37NO. The predicted octanol–water partition coefficient (Wildman–Crippen LogP) is 16.0. The molecule has 272 valence electrons. The maximum absolute atomic E-state index is 6.37. The Bertz CT molecular complexity index is 3300. The highest BCUT2D eigenvalue weighted by Gasteiger charge is 2.24. The fourth-order valence-electron chi connectivity index (χ4n) is 8.83. The fraction of sp³-hybridized carbons (Fsp3) is 0. The molecule has 0 saturated carbocycles. The summed E-state index contributed by atoms with van der Waals surface area (Å²) < 4.78 is 6.37. The van der Waals surface area contributed by atoms with Crippen molar-refractivity contribution >= 4 is 60.5 Å². The van der Waals surface area contributed by atoms with Crippen LogP contribution in [0.3, 0.4) is 0 Å². The zero-order valence-corrected chi connectivity index (χ0v) is 31.7. The molecule has 0 saturated heterocycles. The Morgan fingerprint density at radius 2 is 0.914 bits per heavy atom. The molecule has 11 aromatic rings. The third-order valence-corrected chi connectivity index (χ3v) is 11.4. The van der Waals surface area contributed by atoms with Crippen LogP contribution in [0.1, 0.15) is 0 Å². The second-order valence-corrected chi connectivity index (χ2v) is 14.8. The number of fused-ring (bicyclic) bond motifs is 5. The highest BCUT2D eigenvalue weighted by Crippen LogP contribution is 2.50. The molecule has 0 atom stereocenters. The van der Waals surface area contributed by atoms with Crippen LogP contribution in [0.25, 0.3) is 88.0 Å². The molecule has 2 heteroatoms. The summed E-state index contributed by atoms with van der Waals surface area (Å²) in [6, 6.07) is 80.9. The highest BCUT2D eigenvalue weighted by molar-refractivity contribution is 6.13. The summed E-state index contributed by atoms with van der Waals surface area (Å²) in [4.78, 5) is 2.47. The first-order valence-electron chi connectivity index (χ1n) is 19.8. The Morgan fingerprint density at radius 3 is 1.83 bits per heavy atom. The van der Waals surface area contributed by atoms with Crippen LogP contribution in [-0.4, -0.2) is 0 Å². The Balaban J connectivity index is 1.22. The largest absolute Gasteiger partial charge is 0.456 e. The van der Waals surface area contributed by atoms with E-state index in [-0.39, 0.29) is 0 Å². The summed E-state index contributed by atoms with van der Waals surface area (Å²) in [6.45, 7) is 0. The van der Waals surface area contributed by atoms with E-state index in [1.807, 2.05) is 6.07 Å². The number of hydrogen-bond acceptors (Lipinski definition) is 2. The number of rotatable bonds is 7. The molecule has 0 amide bonds.